The van der Waals surface area contributed by atoms with Gasteiger partial charge in [0.05, 0.1) is 113 Å². The van der Waals surface area contributed by atoms with Gasteiger partial charge in [-0.1, -0.05) is 75.7 Å². The van der Waals surface area contributed by atoms with E-state index in [1.165, 1.54) is 48.1 Å². The standard InChI is InChI=1S/C24H31N7O4S2Si.C23H29N7O2SSi.C18H17N7O3S2/c1-29-21-18(22-23(29)28-20(36-22)13-27-37(2,33)34)12-25-30(24(21)32)14-16-7-6-8-19-17(16)11-26-31(19)15-35-9-10-38(3,4)5;1-28-20-17(21-22(28)27-19(10-24)33-21)12-25-29(23(20)31)13-15-6-5-7-18-16(15)11-26-30(18)14-32-8-9-34(2,3)4;1-24-15-12(16-17(24)22-14(29-16)8-21-30(2,27)28)7-20-25(18(15)26)9-10-4-3-5-13-11(10)6-19-23-13/h6-8,11-12,27H,9-10,13-15H2,1-5H3;5-7,11-12H,8-10,13-14,24H2,1-4H3;3-7,21H,8-9H2,1-2H3,(H,19,23). The van der Waals surface area contributed by atoms with E-state index in [-0.39, 0.29) is 29.8 Å². The van der Waals surface area contributed by atoms with Gasteiger partial charge in [0.2, 0.25) is 20.0 Å². The minimum atomic E-state index is -3.33. The van der Waals surface area contributed by atoms with Crippen molar-refractivity contribution < 1.29 is 26.3 Å². The monoisotopic (exact) mass is 1510 g/mol. The molecule has 0 fully saturated rings. The first-order valence-electron chi connectivity index (χ1n) is 32.5. The number of aromatic nitrogens is 18. The summed E-state index contributed by atoms with van der Waals surface area (Å²) in [4.78, 5) is 53.7. The molecule has 12 aromatic heterocycles. The molecule has 0 unspecified atom stereocenters. The molecule has 0 aliphatic carbocycles. The Hall–Kier alpha value is -8.87. The van der Waals surface area contributed by atoms with Crippen LogP contribution in [0.5, 0.6) is 0 Å². The van der Waals surface area contributed by atoms with Crippen molar-refractivity contribution in [3.8, 4) is 0 Å². The molecular weight excluding hydrogens is 1440 g/mol. The molecule has 102 heavy (non-hydrogen) atoms. The normalized spacial score (nSPS) is 12.6. The summed E-state index contributed by atoms with van der Waals surface area (Å²) in [5, 5.41) is 36.6. The van der Waals surface area contributed by atoms with E-state index in [1.807, 2.05) is 88.0 Å². The summed E-state index contributed by atoms with van der Waals surface area (Å²) in [5.41, 5.74) is 14.5. The highest BCUT2D eigenvalue weighted by atomic mass is 32.2. The fraction of sp³-hybridized carbons (Fsp3) is 0.354. The number of nitrogens with one attached hydrogen (secondary N) is 3. The third-order valence-electron chi connectivity index (χ3n) is 17.4. The predicted octanol–water partition coefficient (Wildman–Crippen LogP) is 7.94. The first-order chi connectivity index (χ1) is 48.5. The highest BCUT2D eigenvalue weighted by Gasteiger charge is 2.24. The average Bonchev–Trinajstić information content (AvgIpc) is 1.60. The zero-order valence-corrected chi connectivity index (χ0v) is 64.1. The highest BCUT2D eigenvalue weighted by molar-refractivity contribution is 7.89. The molecule has 0 radical (unpaired) electrons. The van der Waals surface area contributed by atoms with Crippen molar-refractivity contribution in [3.63, 3.8) is 0 Å². The van der Waals surface area contributed by atoms with E-state index in [2.05, 4.69) is 99.4 Å². The molecule has 0 aliphatic heterocycles. The molecule has 15 rings (SSSR count). The summed E-state index contributed by atoms with van der Waals surface area (Å²) in [6, 6.07) is 20.0. The second-order valence-corrected chi connectivity index (χ2v) is 45.5. The van der Waals surface area contributed by atoms with Crippen LogP contribution in [0.1, 0.15) is 31.7 Å². The zero-order valence-electron chi connectivity index (χ0n) is 58.0. The molecule has 534 valence electrons. The van der Waals surface area contributed by atoms with Crippen molar-refractivity contribution in [3.05, 3.63) is 155 Å². The van der Waals surface area contributed by atoms with Crippen molar-refractivity contribution in [2.24, 2.45) is 26.9 Å². The molecule has 0 spiro atoms. The van der Waals surface area contributed by atoms with E-state index < -0.39 is 36.2 Å². The third-order valence-corrected chi connectivity index (χ3v) is 25.4. The van der Waals surface area contributed by atoms with Gasteiger partial charge in [-0.2, -0.15) is 30.6 Å². The molecule has 0 saturated heterocycles. The second-order valence-electron chi connectivity index (χ2n) is 27.4. The number of benzene rings is 3. The van der Waals surface area contributed by atoms with Crippen LogP contribution in [-0.4, -0.2) is 146 Å². The lowest BCUT2D eigenvalue weighted by molar-refractivity contribution is 0.0816. The largest absolute Gasteiger partial charge is 0.360 e. The number of thiazole rings is 3. The molecule has 0 aliphatic rings. The maximum Gasteiger partial charge on any atom is 0.291 e. The van der Waals surface area contributed by atoms with Crippen LogP contribution in [0.2, 0.25) is 51.4 Å². The van der Waals surface area contributed by atoms with Crippen LogP contribution in [0, 0.1) is 0 Å². The quantitative estimate of drug-likeness (QED) is 0.0348. The van der Waals surface area contributed by atoms with Crippen molar-refractivity contribution in [2.75, 3.05) is 25.7 Å². The maximum absolute atomic E-state index is 13.5. The number of sulfonamides is 2. The number of aryl methyl sites for hydroxylation is 3. The molecule has 15 aromatic rings. The van der Waals surface area contributed by atoms with Gasteiger partial charge in [-0.05, 0) is 47.0 Å². The number of ether oxygens (including phenoxy) is 2. The highest BCUT2D eigenvalue weighted by Crippen LogP contribution is 2.34. The smallest absolute Gasteiger partial charge is 0.291 e. The molecule has 30 nitrogen and oxygen atoms in total. The first kappa shape index (κ1) is 71.5. The van der Waals surface area contributed by atoms with E-state index in [4.69, 9.17) is 15.2 Å². The third kappa shape index (κ3) is 15.0. The van der Waals surface area contributed by atoms with E-state index >= 15 is 0 Å². The van der Waals surface area contributed by atoms with Crippen LogP contribution < -0.4 is 31.9 Å². The fourth-order valence-corrected chi connectivity index (χ4v) is 17.5. The number of aromatic amines is 1. The minimum Gasteiger partial charge on any atom is -0.360 e. The fourth-order valence-electron chi connectivity index (χ4n) is 12.0. The van der Waals surface area contributed by atoms with Gasteiger partial charge in [-0.15, -0.1) is 34.0 Å². The Labute approximate surface area is 597 Å². The maximum atomic E-state index is 13.5. The van der Waals surface area contributed by atoms with Gasteiger partial charge in [0.1, 0.15) is 45.0 Å². The van der Waals surface area contributed by atoms with E-state index in [9.17, 15) is 31.2 Å². The van der Waals surface area contributed by atoms with Crippen LogP contribution in [-0.2, 0) is 103 Å². The minimum absolute atomic E-state index is 0.102. The van der Waals surface area contributed by atoms with Crippen molar-refractivity contribution >= 4 is 167 Å². The Balaban J connectivity index is 0.000000137. The lowest BCUT2D eigenvalue weighted by Gasteiger charge is -2.15. The summed E-state index contributed by atoms with van der Waals surface area (Å²) >= 11 is 4.22. The van der Waals surface area contributed by atoms with Crippen molar-refractivity contribution in [2.45, 2.75) is 104 Å². The molecular formula is C65H77N21O9S5Si2. The number of rotatable bonds is 23. The van der Waals surface area contributed by atoms with E-state index in [0.717, 1.165) is 117 Å². The Morgan fingerprint density at radius 1 is 0.480 bits per heavy atom. The Bertz CT molecular complexity index is 6140. The summed E-state index contributed by atoms with van der Waals surface area (Å²) in [6.45, 7) is 17.8. The number of fused-ring (bicyclic) bond motifs is 12. The van der Waals surface area contributed by atoms with Crippen LogP contribution in [0.25, 0.3) is 96.5 Å². The van der Waals surface area contributed by atoms with Gasteiger partial charge in [-0.25, -0.2) is 64.6 Å². The second kappa shape index (κ2) is 28.4. The lowest BCUT2D eigenvalue weighted by atomic mass is 10.1. The van der Waals surface area contributed by atoms with Crippen molar-refractivity contribution in [1.82, 2.24) is 97.2 Å². The summed E-state index contributed by atoms with van der Waals surface area (Å²) in [5.74, 6) is 0. The van der Waals surface area contributed by atoms with Crippen molar-refractivity contribution in [1.29, 1.82) is 0 Å². The van der Waals surface area contributed by atoms with E-state index in [0.29, 0.717) is 88.3 Å². The zero-order chi connectivity index (χ0) is 72.3. The van der Waals surface area contributed by atoms with Gasteiger partial charge in [0.15, 0.2) is 16.9 Å². The summed E-state index contributed by atoms with van der Waals surface area (Å²) < 4.78 is 78.2. The Morgan fingerprint density at radius 3 is 1.22 bits per heavy atom. The van der Waals surface area contributed by atoms with E-state index in [1.54, 1.807) is 48.0 Å². The van der Waals surface area contributed by atoms with Gasteiger partial charge < -0.3 is 28.9 Å². The van der Waals surface area contributed by atoms with Crippen LogP contribution >= 0.6 is 34.0 Å². The number of hydrogen-bond acceptors (Lipinski definition) is 22. The summed E-state index contributed by atoms with van der Waals surface area (Å²) in [6.07, 6.45) is 12.7. The molecule has 0 atom stereocenters. The number of H-pyrrole nitrogens is 1. The number of nitrogens with zero attached hydrogens (tertiary/aromatic N) is 17. The Kier molecular flexibility index (Phi) is 19.9. The topological polar surface area (TPSA) is 359 Å². The molecule has 37 heteroatoms. The molecule has 0 amide bonds. The predicted molar refractivity (Wildman–Crippen MR) is 407 cm³/mol. The van der Waals surface area contributed by atoms with Crippen LogP contribution in [0.4, 0.5) is 0 Å². The number of hydrogen-bond donors (Lipinski definition) is 4. The molecule has 3 aromatic carbocycles. The van der Waals surface area contributed by atoms with Gasteiger partial charge in [0, 0.05) is 89.4 Å². The number of nitrogens with two attached hydrogens (primary N) is 1. The Morgan fingerprint density at radius 2 is 0.833 bits per heavy atom. The molecule has 5 N–H and O–H groups in total. The lowest BCUT2D eigenvalue weighted by Crippen LogP contribution is -2.24. The molecule has 12 heterocycles. The van der Waals surface area contributed by atoms with Crippen LogP contribution in [0.3, 0.4) is 0 Å². The van der Waals surface area contributed by atoms with Gasteiger partial charge in [0.25, 0.3) is 16.7 Å². The van der Waals surface area contributed by atoms with Gasteiger partial charge in [-0.3, -0.25) is 19.5 Å². The first-order valence-corrected chi connectivity index (χ1v) is 46.2. The van der Waals surface area contributed by atoms with Gasteiger partial charge >= 0.3 is 0 Å². The SMILES string of the molecule is Cn1c2nc(CN)sc2c2cnn(Cc3cccc4c3cnn4COCC[Si](C)(C)C)c(=O)c21.Cn1c2nc(CNS(C)(=O)=O)sc2c2cnn(Cc3cccc4[nH]ncc34)c(=O)c21.Cn1c2nc(CNS(C)(=O)=O)sc2c2cnn(Cc3cccc4c3cnn4COCC[Si](C)(C)C)c(=O)c21. The molecule has 0 bridgehead atoms. The molecule has 0 saturated carbocycles. The summed E-state index contributed by atoms with van der Waals surface area (Å²) in [7, 11) is -3.50. The van der Waals surface area contributed by atoms with Crippen LogP contribution in [0.15, 0.2) is 106 Å². The average molecular weight is 1510 g/mol.